The van der Waals surface area contributed by atoms with Gasteiger partial charge in [-0.25, -0.2) is 0 Å². The van der Waals surface area contributed by atoms with Gasteiger partial charge in [0.2, 0.25) is 0 Å². The molecule has 0 amide bonds. The average molecular weight is 255 g/mol. The molecule has 2 heteroatoms. The summed E-state index contributed by atoms with van der Waals surface area (Å²) in [5, 5.41) is 10.0. The first-order valence-electron chi connectivity index (χ1n) is 7.71. The van der Waals surface area contributed by atoms with E-state index in [2.05, 4.69) is 46.6 Å². The molecule has 1 saturated carbocycles. The van der Waals surface area contributed by atoms with Gasteiger partial charge in [0.1, 0.15) is 0 Å². The molecule has 0 bridgehead atoms. The van der Waals surface area contributed by atoms with Crippen LogP contribution in [0.15, 0.2) is 0 Å². The maximum absolute atomic E-state index is 10.0. The van der Waals surface area contributed by atoms with Crippen molar-refractivity contribution >= 4 is 0 Å². The predicted octanol–water partition coefficient (Wildman–Crippen LogP) is 3.68. The van der Waals surface area contributed by atoms with E-state index in [1.807, 2.05) is 0 Å². The van der Waals surface area contributed by atoms with Crippen LogP contribution in [-0.4, -0.2) is 35.2 Å². The Morgan fingerprint density at radius 2 is 1.72 bits per heavy atom. The summed E-state index contributed by atoms with van der Waals surface area (Å²) in [6, 6.07) is 1.20. The summed E-state index contributed by atoms with van der Waals surface area (Å²) in [5.41, 5.74) is 0.338. The summed E-state index contributed by atoms with van der Waals surface area (Å²) in [6.45, 7) is 11.6. The van der Waals surface area contributed by atoms with E-state index in [-0.39, 0.29) is 6.10 Å². The van der Waals surface area contributed by atoms with E-state index in [4.69, 9.17) is 0 Å². The number of rotatable bonds is 4. The van der Waals surface area contributed by atoms with Crippen LogP contribution in [0.25, 0.3) is 0 Å². The van der Waals surface area contributed by atoms with Crippen LogP contribution in [0, 0.1) is 11.3 Å². The van der Waals surface area contributed by atoms with Crippen LogP contribution in [0.4, 0.5) is 0 Å². The molecule has 3 unspecified atom stereocenters. The molecule has 0 aliphatic heterocycles. The topological polar surface area (TPSA) is 23.5 Å². The number of hydrogen-bond acceptors (Lipinski definition) is 2. The van der Waals surface area contributed by atoms with Crippen molar-refractivity contribution in [2.24, 2.45) is 11.3 Å². The largest absolute Gasteiger partial charge is 0.393 e. The third-order valence-electron chi connectivity index (χ3n) is 4.94. The lowest BCUT2D eigenvalue weighted by Crippen LogP contribution is -2.51. The molecule has 0 heterocycles. The van der Waals surface area contributed by atoms with E-state index >= 15 is 0 Å². The minimum absolute atomic E-state index is 0.0922. The second kappa shape index (κ2) is 6.38. The zero-order valence-electron chi connectivity index (χ0n) is 13.2. The molecule has 2 nitrogen and oxygen atoms in total. The maximum atomic E-state index is 10.0. The Balaban J connectivity index is 2.84. The van der Waals surface area contributed by atoms with Crippen LogP contribution in [-0.2, 0) is 0 Å². The summed E-state index contributed by atoms with van der Waals surface area (Å²) >= 11 is 0. The molecule has 3 atom stereocenters. The third kappa shape index (κ3) is 3.71. The fourth-order valence-corrected chi connectivity index (χ4v) is 3.72. The zero-order valence-corrected chi connectivity index (χ0v) is 13.2. The highest BCUT2D eigenvalue weighted by Crippen LogP contribution is 2.40. The molecule has 0 aromatic rings. The van der Waals surface area contributed by atoms with Gasteiger partial charge in [-0.15, -0.1) is 0 Å². The summed E-state index contributed by atoms with van der Waals surface area (Å²) in [5.74, 6) is 0.700. The Labute approximate surface area is 114 Å². The number of hydrogen-bond donors (Lipinski definition) is 1. The molecule has 1 aliphatic rings. The highest BCUT2D eigenvalue weighted by Gasteiger charge is 2.39. The highest BCUT2D eigenvalue weighted by atomic mass is 16.3. The quantitative estimate of drug-likeness (QED) is 0.828. The monoisotopic (exact) mass is 255 g/mol. The van der Waals surface area contributed by atoms with Gasteiger partial charge >= 0.3 is 0 Å². The maximum Gasteiger partial charge on any atom is 0.0555 e. The van der Waals surface area contributed by atoms with Crippen molar-refractivity contribution in [1.82, 2.24) is 4.90 Å². The van der Waals surface area contributed by atoms with Gasteiger partial charge in [0.25, 0.3) is 0 Å². The molecular formula is C16H33NO. The van der Waals surface area contributed by atoms with Crippen LogP contribution >= 0.6 is 0 Å². The van der Waals surface area contributed by atoms with Crippen molar-refractivity contribution in [3.05, 3.63) is 0 Å². The molecule has 0 aromatic heterocycles. The van der Waals surface area contributed by atoms with E-state index in [1.165, 1.54) is 19.3 Å². The van der Waals surface area contributed by atoms with Crippen LogP contribution in [0.2, 0.25) is 0 Å². The molecule has 1 fully saturated rings. The molecule has 0 saturated heterocycles. The van der Waals surface area contributed by atoms with Crippen molar-refractivity contribution in [3.8, 4) is 0 Å². The summed E-state index contributed by atoms with van der Waals surface area (Å²) in [7, 11) is 2.26. The molecule has 108 valence electrons. The fraction of sp³-hybridized carbons (Fsp3) is 1.00. The molecular weight excluding hydrogens is 222 g/mol. The SMILES string of the molecule is CCC(CC)N(C)C1CC(O)CCC1C(C)(C)C. The van der Waals surface area contributed by atoms with Crippen LogP contribution in [0.5, 0.6) is 0 Å². The number of aliphatic hydroxyl groups is 1. The van der Waals surface area contributed by atoms with E-state index in [0.717, 1.165) is 12.8 Å². The summed E-state index contributed by atoms with van der Waals surface area (Å²) < 4.78 is 0. The van der Waals surface area contributed by atoms with Gasteiger partial charge in [-0.05, 0) is 50.5 Å². The van der Waals surface area contributed by atoms with Gasteiger partial charge in [-0.1, -0.05) is 34.6 Å². The van der Waals surface area contributed by atoms with Gasteiger partial charge in [0, 0.05) is 12.1 Å². The minimum Gasteiger partial charge on any atom is -0.393 e. The second-order valence-corrected chi connectivity index (χ2v) is 7.14. The second-order valence-electron chi connectivity index (χ2n) is 7.14. The highest BCUT2D eigenvalue weighted by molar-refractivity contribution is 4.93. The van der Waals surface area contributed by atoms with Gasteiger partial charge in [0.05, 0.1) is 6.10 Å². The van der Waals surface area contributed by atoms with E-state index in [1.54, 1.807) is 0 Å². The Bertz CT molecular complexity index is 242. The first-order valence-corrected chi connectivity index (χ1v) is 7.71. The first-order chi connectivity index (χ1) is 8.31. The van der Waals surface area contributed by atoms with Crippen LogP contribution in [0.1, 0.15) is 66.7 Å². The lowest BCUT2D eigenvalue weighted by Gasteiger charge is -2.48. The average Bonchev–Trinajstić information content (AvgIpc) is 2.28. The minimum atomic E-state index is -0.0922. The summed E-state index contributed by atoms with van der Waals surface area (Å²) in [6.07, 6.45) is 5.42. The van der Waals surface area contributed by atoms with Crippen molar-refractivity contribution in [2.45, 2.75) is 84.9 Å². The number of nitrogens with zero attached hydrogens (tertiary/aromatic N) is 1. The van der Waals surface area contributed by atoms with Gasteiger partial charge in [0.15, 0.2) is 0 Å². The fourth-order valence-electron chi connectivity index (χ4n) is 3.72. The Morgan fingerprint density at radius 3 is 2.17 bits per heavy atom. The van der Waals surface area contributed by atoms with Gasteiger partial charge in [-0.3, -0.25) is 0 Å². The van der Waals surface area contributed by atoms with E-state index < -0.39 is 0 Å². The van der Waals surface area contributed by atoms with Gasteiger partial charge < -0.3 is 10.0 Å². The molecule has 18 heavy (non-hydrogen) atoms. The Morgan fingerprint density at radius 1 is 1.17 bits per heavy atom. The Kier molecular flexibility index (Phi) is 5.67. The first kappa shape index (κ1) is 16.0. The van der Waals surface area contributed by atoms with Crippen molar-refractivity contribution < 1.29 is 5.11 Å². The van der Waals surface area contributed by atoms with Crippen molar-refractivity contribution in [3.63, 3.8) is 0 Å². The molecule has 1 aliphatic carbocycles. The molecule has 0 aromatic carbocycles. The third-order valence-corrected chi connectivity index (χ3v) is 4.94. The standard InChI is InChI=1S/C16H33NO/c1-7-12(8-2)17(6)15-11-13(18)9-10-14(15)16(3,4)5/h12-15,18H,7-11H2,1-6H3. The molecule has 0 radical (unpaired) electrons. The zero-order chi connectivity index (χ0) is 13.9. The van der Waals surface area contributed by atoms with E-state index in [0.29, 0.717) is 23.4 Å². The van der Waals surface area contributed by atoms with Crippen molar-refractivity contribution in [2.75, 3.05) is 7.05 Å². The van der Waals surface area contributed by atoms with Gasteiger partial charge in [-0.2, -0.15) is 0 Å². The smallest absolute Gasteiger partial charge is 0.0555 e. The lowest BCUT2D eigenvalue weighted by atomic mass is 9.68. The summed E-state index contributed by atoms with van der Waals surface area (Å²) in [4.78, 5) is 2.55. The lowest BCUT2D eigenvalue weighted by molar-refractivity contribution is -0.0182. The van der Waals surface area contributed by atoms with Crippen LogP contribution in [0.3, 0.4) is 0 Å². The predicted molar refractivity (Wildman–Crippen MR) is 78.7 cm³/mol. The molecule has 0 spiro atoms. The van der Waals surface area contributed by atoms with Crippen molar-refractivity contribution in [1.29, 1.82) is 0 Å². The molecule has 1 N–H and O–H groups in total. The molecule has 1 rings (SSSR count). The normalized spacial score (nSPS) is 30.2. The van der Waals surface area contributed by atoms with Crippen LogP contribution < -0.4 is 0 Å². The number of aliphatic hydroxyl groups excluding tert-OH is 1. The van der Waals surface area contributed by atoms with E-state index in [9.17, 15) is 5.11 Å². The Hall–Kier alpha value is -0.0800.